The first-order valence-electron chi connectivity index (χ1n) is 13.5. The summed E-state index contributed by atoms with van der Waals surface area (Å²) >= 11 is 1.84. The van der Waals surface area contributed by atoms with Crippen molar-refractivity contribution in [1.29, 1.82) is 0 Å². The standard InChI is InChI=1S/C32H35NO4S/c1-23(32(34)35)16-20-36-26-12-8-24(9-13-26)22-29-28-6-2-3-7-30(28)38-31(29)25-10-14-27(15-11-25)37-21-19-33-17-4-5-18-33/h2-3,6-15,23H,4-5,16-22H2,1H3,(H,34,35). The number of hydrogen-bond donors (Lipinski definition) is 1. The van der Waals surface area contributed by atoms with E-state index in [2.05, 4.69) is 65.6 Å². The fraction of sp³-hybridized carbons (Fsp3) is 0.344. The van der Waals surface area contributed by atoms with E-state index >= 15 is 0 Å². The Labute approximate surface area is 228 Å². The molecule has 4 aromatic rings. The number of nitrogens with zero attached hydrogens (tertiary/aromatic N) is 1. The van der Waals surface area contributed by atoms with Crippen LogP contribution >= 0.6 is 11.3 Å². The summed E-state index contributed by atoms with van der Waals surface area (Å²) in [6.07, 6.45) is 3.92. The maximum absolute atomic E-state index is 11.0. The Kier molecular flexibility index (Phi) is 8.61. The Bertz CT molecular complexity index is 1340. The van der Waals surface area contributed by atoms with Crippen molar-refractivity contribution < 1.29 is 19.4 Å². The van der Waals surface area contributed by atoms with Crippen LogP contribution in [-0.2, 0) is 11.2 Å². The van der Waals surface area contributed by atoms with Crippen molar-refractivity contribution in [3.63, 3.8) is 0 Å². The van der Waals surface area contributed by atoms with Crippen LogP contribution in [0.1, 0.15) is 37.3 Å². The van der Waals surface area contributed by atoms with Gasteiger partial charge in [0.15, 0.2) is 0 Å². The van der Waals surface area contributed by atoms with Crippen LogP contribution in [0.15, 0.2) is 72.8 Å². The first kappa shape index (κ1) is 26.3. The number of rotatable bonds is 12. The fourth-order valence-electron chi connectivity index (χ4n) is 4.89. The van der Waals surface area contributed by atoms with E-state index in [0.717, 1.165) is 31.1 Å². The van der Waals surface area contributed by atoms with Crippen molar-refractivity contribution >= 4 is 27.4 Å². The number of carbonyl (C=O) groups is 1. The highest BCUT2D eigenvalue weighted by atomic mass is 32.1. The maximum atomic E-state index is 11.0. The Morgan fingerprint density at radius 1 is 0.921 bits per heavy atom. The number of thiophene rings is 1. The van der Waals surface area contributed by atoms with Crippen LogP contribution in [0.2, 0.25) is 0 Å². The molecule has 1 N–H and O–H groups in total. The minimum Gasteiger partial charge on any atom is -0.494 e. The van der Waals surface area contributed by atoms with Crippen LogP contribution in [0.5, 0.6) is 11.5 Å². The van der Waals surface area contributed by atoms with Crippen LogP contribution in [-0.4, -0.2) is 48.8 Å². The average molecular weight is 530 g/mol. The summed E-state index contributed by atoms with van der Waals surface area (Å²) in [6, 6.07) is 25.3. The van der Waals surface area contributed by atoms with E-state index in [1.807, 2.05) is 23.5 Å². The van der Waals surface area contributed by atoms with Crippen molar-refractivity contribution in [3.05, 3.63) is 83.9 Å². The second-order valence-corrected chi connectivity index (χ2v) is 11.1. The third-order valence-corrected chi connectivity index (χ3v) is 8.50. The molecule has 1 aliphatic rings. The quantitative estimate of drug-likeness (QED) is 0.212. The third kappa shape index (κ3) is 6.55. The number of likely N-dealkylation sites (tertiary alicyclic amines) is 1. The third-order valence-electron chi connectivity index (χ3n) is 7.24. The van der Waals surface area contributed by atoms with Crippen LogP contribution in [0.3, 0.4) is 0 Å². The first-order valence-corrected chi connectivity index (χ1v) is 14.3. The largest absolute Gasteiger partial charge is 0.494 e. The highest BCUT2D eigenvalue weighted by molar-refractivity contribution is 7.22. The number of carboxylic acid groups (broad SMARTS) is 1. The van der Waals surface area contributed by atoms with E-state index in [1.165, 1.54) is 57.6 Å². The lowest BCUT2D eigenvalue weighted by Gasteiger charge is -2.15. The van der Waals surface area contributed by atoms with Gasteiger partial charge in [-0.05, 0) is 103 Å². The topological polar surface area (TPSA) is 59.0 Å². The van der Waals surface area contributed by atoms with Gasteiger partial charge in [0.05, 0.1) is 12.5 Å². The molecule has 0 spiro atoms. The van der Waals surface area contributed by atoms with Gasteiger partial charge in [-0.1, -0.05) is 37.3 Å². The van der Waals surface area contributed by atoms with Crippen molar-refractivity contribution in [2.24, 2.45) is 5.92 Å². The molecule has 0 bridgehead atoms. The minimum atomic E-state index is -0.789. The Morgan fingerprint density at radius 3 is 2.29 bits per heavy atom. The highest BCUT2D eigenvalue weighted by Crippen LogP contribution is 2.40. The van der Waals surface area contributed by atoms with Crippen LogP contribution in [0.25, 0.3) is 20.5 Å². The van der Waals surface area contributed by atoms with Gasteiger partial charge in [0, 0.05) is 16.1 Å². The smallest absolute Gasteiger partial charge is 0.306 e. The van der Waals surface area contributed by atoms with Gasteiger partial charge in [0.1, 0.15) is 18.1 Å². The lowest BCUT2D eigenvalue weighted by atomic mass is 9.99. The number of fused-ring (bicyclic) bond motifs is 1. The molecule has 0 amide bonds. The monoisotopic (exact) mass is 529 g/mol. The van der Waals surface area contributed by atoms with Gasteiger partial charge in [0.25, 0.3) is 0 Å². The molecule has 6 heteroatoms. The summed E-state index contributed by atoms with van der Waals surface area (Å²) in [5.74, 6) is 0.489. The summed E-state index contributed by atoms with van der Waals surface area (Å²) in [7, 11) is 0. The lowest BCUT2D eigenvalue weighted by molar-refractivity contribution is -0.141. The summed E-state index contributed by atoms with van der Waals surface area (Å²) in [5.41, 5.74) is 3.75. The molecule has 38 heavy (non-hydrogen) atoms. The van der Waals surface area contributed by atoms with Gasteiger partial charge >= 0.3 is 5.97 Å². The van der Waals surface area contributed by atoms with Gasteiger partial charge in [-0.2, -0.15) is 0 Å². The molecule has 1 saturated heterocycles. The van der Waals surface area contributed by atoms with Gasteiger partial charge in [0.2, 0.25) is 0 Å². The van der Waals surface area contributed by atoms with Gasteiger partial charge < -0.3 is 14.6 Å². The van der Waals surface area contributed by atoms with E-state index < -0.39 is 11.9 Å². The average Bonchev–Trinajstić information content (AvgIpc) is 3.58. The van der Waals surface area contributed by atoms with Gasteiger partial charge in [-0.3, -0.25) is 9.69 Å². The zero-order chi connectivity index (χ0) is 26.3. The van der Waals surface area contributed by atoms with Crippen molar-refractivity contribution in [3.8, 4) is 21.9 Å². The molecule has 5 nitrogen and oxygen atoms in total. The Morgan fingerprint density at radius 2 is 1.58 bits per heavy atom. The molecular formula is C32H35NO4S. The second-order valence-electron chi connectivity index (χ2n) is 10.0. The van der Waals surface area contributed by atoms with Crippen molar-refractivity contribution in [2.75, 3.05) is 32.8 Å². The molecule has 0 saturated carbocycles. The molecule has 2 heterocycles. The normalized spacial score (nSPS) is 14.6. The molecule has 0 radical (unpaired) electrons. The number of ether oxygens (including phenoxy) is 2. The van der Waals surface area contributed by atoms with E-state index in [1.54, 1.807) is 6.92 Å². The lowest BCUT2D eigenvalue weighted by Crippen LogP contribution is -2.25. The second kappa shape index (κ2) is 12.5. The van der Waals surface area contributed by atoms with E-state index in [0.29, 0.717) is 13.0 Å². The van der Waals surface area contributed by atoms with Crippen molar-refractivity contribution in [1.82, 2.24) is 4.90 Å². The van der Waals surface area contributed by atoms with E-state index in [-0.39, 0.29) is 0 Å². The minimum absolute atomic E-state index is 0.393. The van der Waals surface area contributed by atoms with Gasteiger partial charge in [-0.15, -0.1) is 11.3 Å². The number of hydrogen-bond acceptors (Lipinski definition) is 5. The summed E-state index contributed by atoms with van der Waals surface area (Å²) in [6.45, 7) is 6.20. The molecule has 5 rings (SSSR count). The molecule has 198 valence electrons. The fourth-order valence-corrected chi connectivity index (χ4v) is 6.12. The Balaban J connectivity index is 1.27. The summed E-state index contributed by atoms with van der Waals surface area (Å²) < 4.78 is 13.1. The number of carboxylic acids is 1. The molecule has 1 atom stereocenters. The highest BCUT2D eigenvalue weighted by Gasteiger charge is 2.15. The maximum Gasteiger partial charge on any atom is 0.306 e. The molecule has 3 aromatic carbocycles. The summed E-state index contributed by atoms with van der Waals surface area (Å²) in [5, 5.41) is 10.3. The van der Waals surface area contributed by atoms with Crippen LogP contribution < -0.4 is 9.47 Å². The first-order chi connectivity index (χ1) is 18.6. The van der Waals surface area contributed by atoms with Crippen LogP contribution in [0.4, 0.5) is 0 Å². The Hall–Kier alpha value is -3.35. The molecule has 1 aromatic heterocycles. The zero-order valence-electron chi connectivity index (χ0n) is 21.9. The zero-order valence-corrected chi connectivity index (χ0v) is 22.7. The van der Waals surface area contributed by atoms with Gasteiger partial charge in [-0.25, -0.2) is 0 Å². The predicted molar refractivity (Wildman–Crippen MR) is 155 cm³/mol. The van der Waals surface area contributed by atoms with Crippen molar-refractivity contribution in [2.45, 2.75) is 32.6 Å². The summed E-state index contributed by atoms with van der Waals surface area (Å²) in [4.78, 5) is 14.8. The molecular weight excluding hydrogens is 494 g/mol. The van der Waals surface area contributed by atoms with E-state index in [9.17, 15) is 4.79 Å². The number of aliphatic carboxylic acids is 1. The predicted octanol–water partition coefficient (Wildman–Crippen LogP) is 7.12. The van der Waals surface area contributed by atoms with Crippen LogP contribution in [0, 0.1) is 5.92 Å². The number of benzene rings is 3. The molecule has 1 fully saturated rings. The molecule has 1 unspecified atom stereocenters. The van der Waals surface area contributed by atoms with E-state index in [4.69, 9.17) is 14.6 Å². The molecule has 1 aliphatic heterocycles. The SMILES string of the molecule is CC(CCOc1ccc(Cc2c(-c3ccc(OCCN4CCCC4)cc3)sc3ccccc23)cc1)C(=O)O. The molecule has 0 aliphatic carbocycles.